The lowest BCUT2D eigenvalue weighted by Gasteiger charge is -2.29. The van der Waals surface area contributed by atoms with E-state index < -0.39 is 29.0 Å². The highest BCUT2D eigenvalue weighted by Gasteiger charge is 2.27. The number of rotatable bonds is 6. The van der Waals surface area contributed by atoms with Crippen LogP contribution in [0.25, 0.3) is 0 Å². The first-order valence-electron chi connectivity index (χ1n) is 8.36. The summed E-state index contributed by atoms with van der Waals surface area (Å²) in [5.41, 5.74) is -0.449. The third kappa shape index (κ3) is 4.94. The van der Waals surface area contributed by atoms with Gasteiger partial charge < -0.3 is 15.5 Å². The molecule has 8 heteroatoms. The smallest absolute Gasteiger partial charge is 0.244 e. The monoisotopic (exact) mass is 357 g/mol. The lowest BCUT2D eigenvalue weighted by molar-refractivity contribution is -0.139. The van der Waals surface area contributed by atoms with Crippen molar-refractivity contribution in [2.45, 2.75) is 26.2 Å². The maximum atomic E-state index is 13.6. The molecule has 0 atom stereocenters. The Morgan fingerprint density at radius 1 is 1.20 bits per heavy atom. The predicted molar refractivity (Wildman–Crippen MR) is 87.4 cm³/mol. The van der Waals surface area contributed by atoms with Crippen molar-refractivity contribution in [1.29, 1.82) is 0 Å². The molecule has 0 saturated carbocycles. The van der Waals surface area contributed by atoms with Gasteiger partial charge in [-0.25, -0.2) is 13.2 Å². The fourth-order valence-electron chi connectivity index (χ4n) is 2.85. The second-order valence-electron chi connectivity index (χ2n) is 6.06. The van der Waals surface area contributed by atoms with Crippen molar-refractivity contribution in [2.75, 3.05) is 31.5 Å². The van der Waals surface area contributed by atoms with Crippen molar-refractivity contribution in [3.8, 4) is 0 Å². The van der Waals surface area contributed by atoms with Crippen LogP contribution in [0.15, 0.2) is 12.1 Å². The number of hydrogen-bond donors (Lipinski definition) is 2. The van der Waals surface area contributed by atoms with Gasteiger partial charge in [-0.15, -0.1) is 0 Å². The minimum absolute atomic E-state index is 0.107. The van der Waals surface area contributed by atoms with E-state index in [1.165, 1.54) is 4.90 Å². The molecule has 1 aromatic carbocycles. The maximum Gasteiger partial charge on any atom is 0.244 e. The zero-order valence-corrected chi connectivity index (χ0v) is 14.1. The van der Waals surface area contributed by atoms with Crippen LogP contribution >= 0.6 is 0 Å². The molecule has 1 fully saturated rings. The van der Waals surface area contributed by atoms with Gasteiger partial charge in [0, 0.05) is 12.5 Å². The summed E-state index contributed by atoms with van der Waals surface area (Å²) in [5.74, 6) is -5.33. The van der Waals surface area contributed by atoms with Crippen LogP contribution in [0.2, 0.25) is 0 Å². The number of nitrogens with zero attached hydrogens (tertiary/aromatic N) is 1. The molecule has 0 spiro atoms. The van der Waals surface area contributed by atoms with Gasteiger partial charge in [0.05, 0.1) is 12.2 Å². The van der Waals surface area contributed by atoms with E-state index >= 15 is 0 Å². The molecule has 1 heterocycles. The first-order valence-corrected chi connectivity index (χ1v) is 8.36. The summed E-state index contributed by atoms with van der Waals surface area (Å²) in [6.07, 6.45) is 2.08. The van der Waals surface area contributed by atoms with Crippen molar-refractivity contribution < 1.29 is 22.8 Å². The van der Waals surface area contributed by atoms with Gasteiger partial charge in [0.25, 0.3) is 0 Å². The molecule has 2 N–H and O–H groups in total. The van der Waals surface area contributed by atoms with Crippen LogP contribution in [0, 0.1) is 23.4 Å². The fraction of sp³-hybridized carbons (Fsp3) is 0.529. The molecule has 2 rings (SSSR count). The molecule has 1 aliphatic heterocycles. The Hall–Kier alpha value is -2.09. The lowest BCUT2D eigenvalue weighted by Crippen LogP contribution is -2.44. The van der Waals surface area contributed by atoms with E-state index in [1.54, 1.807) is 0 Å². The molecule has 25 heavy (non-hydrogen) atoms. The van der Waals surface area contributed by atoms with Crippen molar-refractivity contribution in [3.63, 3.8) is 0 Å². The topological polar surface area (TPSA) is 61.4 Å². The summed E-state index contributed by atoms with van der Waals surface area (Å²) in [4.78, 5) is 26.1. The molecule has 2 amide bonds. The molecular weight excluding hydrogens is 335 g/mol. The molecule has 0 bridgehead atoms. The van der Waals surface area contributed by atoms with Crippen molar-refractivity contribution in [2.24, 2.45) is 5.92 Å². The van der Waals surface area contributed by atoms with E-state index in [-0.39, 0.29) is 18.4 Å². The molecule has 0 radical (unpaired) electrons. The third-order valence-electron chi connectivity index (χ3n) is 4.14. The standard InChI is InChI=1S/C17H22F3N3O2/c1-2-9-23(17(25)11-5-7-21-8-6-11)10-14(24)22-13-4-3-12(18)15(19)16(13)20/h3-4,11,21H,2,5-10H2,1H3,(H,22,24). The van der Waals surface area contributed by atoms with Crippen LogP contribution < -0.4 is 10.6 Å². The molecule has 5 nitrogen and oxygen atoms in total. The second kappa shape index (κ2) is 8.84. The van der Waals surface area contributed by atoms with E-state index in [0.717, 1.165) is 25.2 Å². The van der Waals surface area contributed by atoms with Gasteiger partial charge in [0.2, 0.25) is 11.8 Å². The lowest BCUT2D eigenvalue weighted by atomic mass is 9.96. The highest BCUT2D eigenvalue weighted by atomic mass is 19.2. The highest BCUT2D eigenvalue weighted by molar-refractivity contribution is 5.95. The van der Waals surface area contributed by atoms with Gasteiger partial charge in [-0.05, 0) is 44.5 Å². The predicted octanol–water partition coefficient (Wildman–Crippen LogP) is 2.28. The summed E-state index contributed by atoms with van der Waals surface area (Å²) >= 11 is 0. The molecule has 138 valence electrons. The van der Waals surface area contributed by atoms with Gasteiger partial charge in [0.15, 0.2) is 17.5 Å². The van der Waals surface area contributed by atoms with Gasteiger partial charge in [0.1, 0.15) is 0 Å². The van der Waals surface area contributed by atoms with Crippen LogP contribution in [0.4, 0.5) is 18.9 Å². The molecule has 0 unspecified atom stereocenters. The molecule has 0 aromatic heterocycles. The Labute approximate surface area is 144 Å². The highest BCUT2D eigenvalue weighted by Crippen LogP contribution is 2.20. The summed E-state index contributed by atoms with van der Waals surface area (Å²) in [6.45, 7) is 3.53. The van der Waals surface area contributed by atoms with Gasteiger partial charge in [-0.2, -0.15) is 0 Å². The van der Waals surface area contributed by atoms with Gasteiger partial charge in [-0.1, -0.05) is 6.92 Å². The maximum absolute atomic E-state index is 13.6. The molecule has 1 aromatic rings. The van der Waals surface area contributed by atoms with E-state index in [2.05, 4.69) is 10.6 Å². The third-order valence-corrected chi connectivity index (χ3v) is 4.14. The van der Waals surface area contributed by atoms with E-state index in [1.807, 2.05) is 6.92 Å². The molecular formula is C17H22F3N3O2. The zero-order valence-electron chi connectivity index (χ0n) is 14.1. The normalized spacial score (nSPS) is 15.0. The number of amides is 2. The van der Waals surface area contributed by atoms with Crippen LogP contribution in [-0.4, -0.2) is 42.9 Å². The number of nitrogens with one attached hydrogen (secondary N) is 2. The summed E-state index contributed by atoms with van der Waals surface area (Å²) < 4.78 is 39.8. The van der Waals surface area contributed by atoms with Crippen molar-refractivity contribution in [1.82, 2.24) is 10.2 Å². The van der Waals surface area contributed by atoms with E-state index in [4.69, 9.17) is 0 Å². The Morgan fingerprint density at radius 2 is 1.88 bits per heavy atom. The fourth-order valence-corrected chi connectivity index (χ4v) is 2.85. The number of piperidine rings is 1. The number of benzene rings is 1. The number of hydrogen-bond acceptors (Lipinski definition) is 3. The van der Waals surface area contributed by atoms with E-state index in [9.17, 15) is 22.8 Å². The summed E-state index contributed by atoms with van der Waals surface area (Å²) in [7, 11) is 0. The Bertz CT molecular complexity index is 634. The Balaban J connectivity index is 2.02. The average Bonchev–Trinajstić information content (AvgIpc) is 2.62. The minimum Gasteiger partial charge on any atom is -0.333 e. The zero-order chi connectivity index (χ0) is 18.4. The summed E-state index contributed by atoms with van der Waals surface area (Å²) in [6, 6.07) is 1.68. The number of halogens is 3. The molecule has 1 aliphatic rings. The summed E-state index contributed by atoms with van der Waals surface area (Å²) in [5, 5.41) is 5.37. The van der Waals surface area contributed by atoms with E-state index in [0.29, 0.717) is 25.8 Å². The number of carbonyl (C=O) groups is 2. The number of anilines is 1. The Kier molecular flexibility index (Phi) is 6.81. The number of carbonyl (C=O) groups excluding carboxylic acids is 2. The Morgan fingerprint density at radius 3 is 2.52 bits per heavy atom. The van der Waals surface area contributed by atoms with Crippen LogP contribution in [0.3, 0.4) is 0 Å². The molecule has 1 saturated heterocycles. The first kappa shape index (κ1) is 19.2. The average molecular weight is 357 g/mol. The van der Waals surface area contributed by atoms with Crippen LogP contribution in [0.5, 0.6) is 0 Å². The van der Waals surface area contributed by atoms with Gasteiger partial charge in [-0.3, -0.25) is 9.59 Å². The van der Waals surface area contributed by atoms with Crippen molar-refractivity contribution >= 4 is 17.5 Å². The van der Waals surface area contributed by atoms with Crippen LogP contribution in [-0.2, 0) is 9.59 Å². The SMILES string of the molecule is CCCN(CC(=O)Nc1ccc(F)c(F)c1F)C(=O)C1CCNCC1. The second-order valence-corrected chi connectivity index (χ2v) is 6.06. The first-order chi connectivity index (χ1) is 11.9. The van der Waals surface area contributed by atoms with Gasteiger partial charge >= 0.3 is 0 Å². The van der Waals surface area contributed by atoms with Crippen molar-refractivity contribution in [3.05, 3.63) is 29.6 Å². The minimum atomic E-state index is -1.64. The van der Waals surface area contributed by atoms with Crippen LogP contribution in [0.1, 0.15) is 26.2 Å². The molecule has 0 aliphatic carbocycles. The largest absolute Gasteiger partial charge is 0.333 e. The quantitative estimate of drug-likeness (QED) is 0.768.